The highest BCUT2D eigenvalue weighted by Gasteiger charge is 2.53. The largest absolute Gasteiger partial charge is 0.477 e. The number of benzene rings is 1. The van der Waals surface area contributed by atoms with Crippen molar-refractivity contribution in [2.75, 3.05) is 5.75 Å². The first kappa shape index (κ1) is 18.6. The molecule has 28 heavy (non-hydrogen) atoms. The summed E-state index contributed by atoms with van der Waals surface area (Å²) in [4.78, 5) is 49.5. The molecule has 2 atom stereocenters. The normalized spacial score (nSPS) is 21.5. The lowest BCUT2D eigenvalue weighted by Crippen LogP contribution is -2.70. The average Bonchev–Trinajstić information content (AvgIpc) is 2.93. The minimum Gasteiger partial charge on any atom is -0.477 e. The Kier molecular flexibility index (Phi) is 4.47. The first-order chi connectivity index (χ1) is 13.3. The molecule has 0 spiro atoms. The van der Waals surface area contributed by atoms with E-state index < -0.39 is 35.0 Å². The summed E-state index contributed by atoms with van der Waals surface area (Å²) in [5.41, 5.74) is 1.23. The van der Waals surface area contributed by atoms with Crippen molar-refractivity contribution in [1.82, 2.24) is 14.8 Å². The molecule has 3 heterocycles. The lowest BCUT2D eigenvalue weighted by atomic mass is 10.0. The number of thioether (sulfide) groups is 1. The highest BCUT2D eigenvalue weighted by atomic mass is 35.5. The van der Waals surface area contributed by atoms with Crippen LogP contribution in [-0.4, -0.2) is 49.5 Å². The second-order valence-electron chi connectivity index (χ2n) is 6.46. The first-order valence-electron chi connectivity index (χ1n) is 8.24. The number of rotatable bonds is 4. The van der Waals surface area contributed by atoms with Crippen LogP contribution in [0.5, 0.6) is 0 Å². The summed E-state index contributed by atoms with van der Waals surface area (Å²) in [6, 6.07) is 3.76. The fourth-order valence-electron chi connectivity index (χ4n) is 3.33. The SMILES string of the molecule is CC1=C(C(=O)O)N2C(=O)C(NC(=O)Cn3c(=O)oc4cc(Cl)ccc43)[C@H]2SC1. The van der Waals surface area contributed by atoms with Gasteiger partial charge in [0.25, 0.3) is 5.91 Å². The molecule has 0 radical (unpaired) electrons. The topological polar surface area (TPSA) is 122 Å². The molecule has 2 amide bonds. The van der Waals surface area contributed by atoms with Crippen LogP contribution in [-0.2, 0) is 20.9 Å². The summed E-state index contributed by atoms with van der Waals surface area (Å²) in [5.74, 6) is -2.47. The van der Waals surface area contributed by atoms with E-state index in [4.69, 9.17) is 16.0 Å². The average molecular weight is 424 g/mol. The molecule has 1 fully saturated rings. The van der Waals surface area contributed by atoms with Crippen LogP contribution in [0, 0.1) is 0 Å². The first-order valence-corrected chi connectivity index (χ1v) is 9.66. The molecular formula is C17H14ClN3O6S. The second-order valence-corrected chi connectivity index (χ2v) is 8.00. The third kappa shape index (κ3) is 2.89. The molecule has 2 aromatic rings. The summed E-state index contributed by atoms with van der Waals surface area (Å²) in [7, 11) is 0. The molecule has 146 valence electrons. The van der Waals surface area contributed by atoms with Gasteiger partial charge in [-0.15, -0.1) is 11.8 Å². The van der Waals surface area contributed by atoms with Gasteiger partial charge in [-0.2, -0.15) is 0 Å². The van der Waals surface area contributed by atoms with Crippen molar-refractivity contribution in [2.24, 2.45) is 0 Å². The van der Waals surface area contributed by atoms with Gasteiger partial charge in [0.15, 0.2) is 5.58 Å². The highest BCUT2D eigenvalue weighted by Crippen LogP contribution is 2.40. The Morgan fingerprint density at radius 3 is 2.86 bits per heavy atom. The summed E-state index contributed by atoms with van der Waals surface area (Å²) in [6.45, 7) is 1.32. The minimum atomic E-state index is -1.17. The maximum atomic E-state index is 12.4. The molecule has 1 aromatic carbocycles. The van der Waals surface area contributed by atoms with Gasteiger partial charge < -0.3 is 14.8 Å². The fraction of sp³-hybridized carbons (Fsp3) is 0.294. The standard InChI is InChI=1S/C17H14ClN3O6S/c1-7-6-28-15-12(14(23)21(15)13(7)16(24)25)19-11(22)5-20-9-3-2-8(18)4-10(9)27-17(20)26/h2-4,12,15H,5-6H2,1H3,(H,19,22)(H,24,25)/t12?,15-/m1/s1. The number of nitrogens with zero attached hydrogens (tertiary/aromatic N) is 2. The van der Waals surface area contributed by atoms with E-state index >= 15 is 0 Å². The Morgan fingerprint density at radius 2 is 2.14 bits per heavy atom. The van der Waals surface area contributed by atoms with E-state index in [1.165, 1.54) is 22.7 Å². The van der Waals surface area contributed by atoms with Gasteiger partial charge in [-0.25, -0.2) is 9.59 Å². The molecular weight excluding hydrogens is 410 g/mol. The predicted octanol–water partition coefficient (Wildman–Crippen LogP) is 1.01. The van der Waals surface area contributed by atoms with E-state index in [2.05, 4.69) is 5.32 Å². The van der Waals surface area contributed by atoms with E-state index in [0.29, 0.717) is 21.9 Å². The lowest BCUT2D eigenvalue weighted by molar-refractivity contribution is -0.150. The molecule has 2 N–H and O–H groups in total. The lowest BCUT2D eigenvalue weighted by Gasteiger charge is -2.49. The molecule has 9 nitrogen and oxygen atoms in total. The number of hydrogen-bond donors (Lipinski definition) is 2. The predicted molar refractivity (Wildman–Crippen MR) is 101 cm³/mol. The minimum absolute atomic E-state index is 0.0341. The third-order valence-corrected chi connectivity index (χ3v) is 6.27. The molecule has 0 bridgehead atoms. The number of β-lactam (4-membered cyclic amide) rings is 1. The van der Waals surface area contributed by atoms with Crippen LogP contribution < -0.4 is 11.1 Å². The van der Waals surface area contributed by atoms with Gasteiger partial charge in [-0.1, -0.05) is 11.6 Å². The smallest absolute Gasteiger partial charge is 0.420 e. The van der Waals surface area contributed by atoms with Gasteiger partial charge in [-0.05, 0) is 24.6 Å². The number of amides is 2. The molecule has 2 aliphatic rings. The van der Waals surface area contributed by atoms with Crippen LogP contribution in [0.15, 0.2) is 38.7 Å². The highest BCUT2D eigenvalue weighted by molar-refractivity contribution is 8.00. The number of carboxylic acids is 1. The van der Waals surface area contributed by atoms with Crippen molar-refractivity contribution in [1.29, 1.82) is 0 Å². The summed E-state index contributed by atoms with van der Waals surface area (Å²) in [5, 5.41) is 11.8. The number of halogens is 1. The van der Waals surface area contributed by atoms with Gasteiger partial charge in [-0.3, -0.25) is 19.1 Å². The van der Waals surface area contributed by atoms with Gasteiger partial charge in [0.05, 0.1) is 5.52 Å². The summed E-state index contributed by atoms with van der Waals surface area (Å²) >= 11 is 7.24. The van der Waals surface area contributed by atoms with E-state index in [-0.39, 0.29) is 17.8 Å². The quantitative estimate of drug-likeness (QED) is 0.703. The Hall–Kier alpha value is -2.72. The zero-order valence-electron chi connectivity index (χ0n) is 14.5. The fourth-order valence-corrected chi connectivity index (χ4v) is 4.78. The Balaban J connectivity index is 1.50. The van der Waals surface area contributed by atoms with Gasteiger partial charge in [0.1, 0.15) is 23.7 Å². The number of oxazole rings is 1. The number of hydrogen-bond acceptors (Lipinski definition) is 6. The van der Waals surface area contributed by atoms with Gasteiger partial charge >= 0.3 is 11.7 Å². The maximum Gasteiger partial charge on any atom is 0.420 e. The molecule has 11 heteroatoms. The van der Waals surface area contributed by atoms with Crippen molar-refractivity contribution in [3.8, 4) is 0 Å². The van der Waals surface area contributed by atoms with Crippen LogP contribution in [0.4, 0.5) is 0 Å². The molecule has 1 saturated heterocycles. The van der Waals surface area contributed by atoms with E-state index in [1.807, 2.05) is 0 Å². The molecule has 0 saturated carbocycles. The second kappa shape index (κ2) is 6.71. The number of carbonyl (C=O) groups excluding carboxylic acids is 2. The van der Waals surface area contributed by atoms with Crippen LogP contribution in [0.2, 0.25) is 5.02 Å². The number of fused-ring (bicyclic) bond motifs is 2. The number of carbonyl (C=O) groups is 3. The Morgan fingerprint density at radius 1 is 1.39 bits per heavy atom. The third-order valence-electron chi connectivity index (χ3n) is 4.61. The van der Waals surface area contributed by atoms with E-state index in [1.54, 1.807) is 19.1 Å². The zero-order chi connectivity index (χ0) is 20.2. The van der Waals surface area contributed by atoms with Crippen LogP contribution in [0.3, 0.4) is 0 Å². The molecule has 0 aliphatic carbocycles. The van der Waals surface area contributed by atoms with Crippen molar-refractivity contribution in [3.05, 3.63) is 45.0 Å². The molecule has 4 rings (SSSR count). The monoisotopic (exact) mass is 423 g/mol. The number of carboxylic acid groups (broad SMARTS) is 1. The zero-order valence-corrected chi connectivity index (χ0v) is 16.0. The van der Waals surface area contributed by atoms with E-state index in [0.717, 1.165) is 4.57 Å². The van der Waals surface area contributed by atoms with Gasteiger partial charge in [0, 0.05) is 16.8 Å². The number of aliphatic carboxylic acids is 1. The van der Waals surface area contributed by atoms with E-state index in [9.17, 15) is 24.3 Å². The maximum absolute atomic E-state index is 12.4. The van der Waals surface area contributed by atoms with Crippen LogP contribution in [0.1, 0.15) is 6.92 Å². The summed E-state index contributed by atoms with van der Waals surface area (Å²) < 4.78 is 6.22. The van der Waals surface area contributed by atoms with Crippen molar-refractivity contribution < 1.29 is 23.9 Å². The number of nitrogens with one attached hydrogen (secondary N) is 1. The Labute approximate surface area is 166 Å². The number of aromatic nitrogens is 1. The van der Waals surface area contributed by atoms with Crippen LogP contribution >= 0.6 is 23.4 Å². The molecule has 1 aromatic heterocycles. The van der Waals surface area contributed by atoms with Crippen LogP contribution in [0.25, 0.3) is 11.1 Å². The summed E-state index contributed by atoms with van der Waals surface area (Å²) in [6.07, 6.45) is 0. The molecule has 1 unspecified atom stereocenters. The van der Waals surface area contributed by atoms with Crippen molar-refractivity contribution >= 4 is 52.2 Å². The van der Waals surface area contributed by atoms with Gasteiger partial charge in [0.2, 0.25) is 5.91 Å². The molecule has 2 aliphatic heterocycles. The van der Waals surface area contributed by atoms with Crippen molar-refractivity contribution in [2.45, 2.75) is 24.9 Å². The Bertz CT molecular complexity index is 1120. The van der Waals surface area contributed by atoms with Crippen molar-refractivity contribution in [3.63, 3.8) is 0 Å².